The molecule has 0 atom stereocenters. The monoisotopic (exact) mass is 421 g/mol. The second kappa shape index (κ2) is 10.3. The van der Waals surface area contributed by atoms with Crippen molar-refractivity contribution in [2.75, 3.05) is 5.32 Å². The van der Waals surface area contributed by atoms with Crippen LogP contribution in [0.15, 0.2) is 91.1 Å². The number of hydrogen-bond acceptors (Lipinski definition) is 4. The maximum Gasteiger partial charge on any atom is 0.230 e. The summed E-state index contributed by atoms with van der Waals surface area (Å²) in [7, 11) is 0. The lowest BCUT2D eigenvalue weighted by Gasteiger charge is -2.10. The summed E-state index contributed by atoms with van der Waals surface area (Å²) in [5.41, 5.74) is 4.91. The zero-order valence-electron chi connectivity index (χ0n) is 17.5. The third kappa shape index (κ3) is 5.53. The first-order valence-electron chi connectivity index (χ1n) is 10.4. The number of hydrogen-bond donors (Lipinski definition) is 2. The predicted molar refractivity (Wildman–Crippen MR) is 128 cm³/mol. The second-order valence-corrected chi connectivity index (χ2v) is 7.30. The molecule has 158 valence electrons. The molecule has 0 aliphatic carbocycles. The van der Waals surface area contributed by atoms with Gasteiger partial charge in [-0.05, 0) is 22.8 Å². The molecule has 0 saturated heterocycles. The van der Waals surface area contributed by atoms with Crippen LogP contribution in [0.4, 0.5) is 5.82 Å². The second-order valence-electron chi connectivity index (χ2n) is 7.30. The van der Waals surface area contributed by atoms with Crippen LogP contribution in [-0.2, 0) is 17.8 Å². The summed E-state index contributed by atoms with van der Waals surface area (Å²) in [6.45, 7) is -0.0105. The highest BCUT2D eigenvalue weighted by molar-refractivity contribution is 5.93. The first kappa shape index (κ1) is 21.2. The van der Waals surface area contributed by atoms with E-state index in [0.29, 0.717) is 17.2 Å². The van der Waals surface area contributed by atoms with Crippen molar-refractivity contribution >= 4 is 23.9 Å². The minimum Gasteiger partial charge on any atom is -0.392 e. The van der Waals surface area contributed by atoms with Crippen LogP contribution >= 0.6 is 0 Å². The molecular weight excluding hydrogens is 398 g/mol. The first-order chi connectivity index (χ1) is 15.7. The molecule has 2 N–H and O–H groups in total. The Morgan fingerprint density at radius 3 is 2.22 bits per heavy atom. The number of carbonyl (C=O) groups excluding carboxylic acids is 1. The Hall–Kier alpha value is -4.09. The molecule has 5 nitrogen and oxygen atoms in total. The van der Waals surface area contributed by atoms with Crippen LogP contribution in [-0.4, -0.2) is 21.0 Å². The van der Waals surface area contributed by atoms with Gasteiger partial charge in [-0.25, -0.2) is 9.97 Å². The van der Waals surface area contributed by atoms with Crippen LogP contribution in [0.5, 0.6) is 0 Å². The smallest absolute Gasteiger partial charge is 0.230 e. The van der Waals surface area contributed by atoms with Gasteiger partial charge >= 0.3 is 0 Å². The van der Waals surface area contributed by atoms with Crippen molar-refractivity contribution in [3.05, 3.63) is 114 Å². The highest BCUT2D eigenvalue weighted by Gasteiger charge is 2.11. The molecule has 0 radical (unpaired) electrons. The number of anilines is 1. The molecule has 4 aromatic rings. The lowest BCUT2D eigenvalue weighted by molar-refractivity contribution is -0.115. The number of amides is 1. The molecule has 32 heavy (non-hydrogen) atoms. The molecule has 0 saturated carbocycles. The molecule has 1 amide bonds. The number of aliphatic hydroxyl groups is 1. The van der Waals surface area contributed by atoms with Crippen molar-refractivity contribution in [1.82, 2.24) is 9.97 Å². The lowest BCUT2D eigenvalue weighted by atomic mass is 10.1. The van der Waals surface area contributed by atoms with E-state index in [1.165, 1.54) is 0 Å². The van der Waals surface area contributed by atoms with Gasteiger partial charge in [-0.1, -0.05) is 91.0 Å². The normalized spacial score (nSPS) is 10.9. The zero-order valence-corrected chi connectivity index (χ0v) is 17.5. The molecular formula is C27H23N3O2. The Morgan fingerprint density at radius 1 is 0.844 bits per heavy atom. The van der Waals surface area contributed by atoms with E-state index >= 15 is 0 Å². The molecule has 4 rings (SSSR count). The van der Waals surface area contributed by atoms with Crippen LogP contribution in [0.1, 0.15) is 22.4 Å². The number of rotatable bonds is 7. The van der Waals surface area contributed by atoms with Crippen LogP contribution in [0.3, 0.4) is 0 Å². The number of aliphatic hydroxyl groups excluding tert-OH is 1. The Morgan fingerprint density at radius 2 is 1.53 bits per heavy atom. The van der Waals surface area contributed by atoms with E-state index in [9.17, 15) is 9.90 Å². The quantitative estimate of drug-likeness (QED) is 0.441. The van der Waals surface area contributed by atoms with Gasteiger partial charge in [-0.3, -0.25) is 4.79 Å². The minimum atomic E-state index is -0.153. The van der Waals surface area contributed by atoms with Gasteiger partial charge in [0, 0.05) is 5.56 Å². The average molecular weight is 422 g/mol. The molecule has 0 spiro atoms. The first-order valence-corrected chi connectivity index (χ1v) is 10.4. The summed E-state index contributed by atoms with van der Waals surface area (Å²) < 4.78 is 0. The largest absolute Gasteiger partial charge is 0.392 e. The van der Waals surface area contributed by atoms with E-state index in [0.717, 1.165) is 22.3 Å². The van der Waals surface area contributed by atoms with Gasteiger partial charge < -0.3 is 10.4 Å². The zero-order chi connectivity index (χ0) is 22.2. The molecule has 0 aliphatic rings. The summed E-state index contributed by atoms with van der Waals surface area (Å²) in [6, 6.07) is 27.0. The Bertz CT molecular complexity index is 1200. The van der Waals surface area contributed by atoms with Crippen molar-refractivity contribution < 1.29 is 9.90 Å². The van der Waals surface area contributed by atoms with E-state index in [1.807, 2.05) is 97.1 Å². The maximum absolute atomic E-state index is 12.6. The van der Waals surface area contributed by atoms with E-state index < -0.39 is 0 Å². The minimum absolute atomic E-state index is 0.0105. The summed E-state index contributed by atoms with van der Waals surface area (Å²) >= 11 is 0. The molecule has 0 fully saturated rings. The van der Waals surface area contributed by atoms with Crippen LogP contribution in [0.2, 0.25) is 0 Å². The van der Waals surface area contributed by atoms with Crippen LogP contribution in [0, 0.1) is 0 Å². The fraction of sp³-hybridized carbons (Fsp3) is 0.0741. The van der Waals surface area contributed by atoms with E-state index in [2.05, 4.69) is 10.3 Å². The van der Waals surface area contributed by atoms with Gasteiger partial charge in [0.05, 0.1) is 24.9 Å². The predicted octanol–water partition coefficient (Wildman–Crippen LogP) is 4.99. The Kier molecular flexibility index (Phi) is 6.80. The summed E-state index contributed by atoms with van der Waals surface area (Å²) in [4.78, 5) is 21.9. The van der Waals surface area contributed by atoms with Crippen molar-refractivity contribution in [2.45, 2.75) is 13.0 Å². The third-order valence-corrected chi connectivity index (χ3v) is 4.93. The number of benzene rings is 3. The number of nitrogens with zero attached hydrogens (tertiary/aromatic N) is 2. The molecule has 5 heteroatoms. The van der Waals surface area contributed by atoms with Crippen molar-refractivity contribution in [3.63, 3.8) is 0 Å². The third-order valence-electron chi connectivity index (χ3n) is 4.93. The van der Waals surface area contributed by atoms with Crippen LogP contribution < -0.4 is 5.32 Å². The van der Waals surface area contributed by atoms with Crippen molar-refractivity contribution in [3.8, 4) is 11.3 Å². The van der Waals surface area contributed by atoms with Gasteiger partial charge in [0.2, 0.25) is 5.91 Å². The Balaban J connectivity index is 1.63. The molecule has 0 bridgehead atoms. The van der Waals surface area contributed by atoms with Crippen LogP contribution in [0.25, 0.3) is 23.4 Å². The molecule has 1 heterocycles. The summed E-state index contributed by atoms with van der Waals surface area (Å²) in [6.07, 6.45) is 5.70. The van der Waals surface area contributed by atoms with Crippen molar-refractivity contribution in [2.24, 2.45) is 0 Å². The number of aromatic nitrogens is 2. The van der Waals surface area contributed by atoms with Gasteiger partial charge in [-0.2, -0.15) is 0 Å². The highest BCUT2D eigenvalue weighted by Crippen LogP contribution is 2.22. The van der Waals surface area contributed by atoms with Gasteiger partial charge in [0.25, 0.3) is 0 Å². The standard InChI is InChI=1S/C27H23N3O2/c31-19-22-11-14-23(15-12-22)25-18-28-27(30-26(32)17-21-9-5-2-6-10-21)24(29-25)16-13-20-7-3-1-4-8-20/h1-16,18,31H,17,19H2,(H,28,30,32). The summed E-state index contributed by atoms with van der Waals surface area (Å²) in [5, 5.41) is 12.2. The molecule has 0 unspecified atom stereocenters. The topological polar surface area (TPSA) is 75.1 Å². The van der Waals surface area contributed by atoms with Gasteiger partial charge in [-0.15, -0.1) is 0 Å². The van der Waals surface area contributed by atoms with Gasteiger partial charge in [0.1, 0.15) is 5.69 Å². The lowest BCUT2D eigenvalue weighted by Crippen LogP contribution is -2.16. The SMILES string of the molecule is O=C(Cc1ccccc1)Nc1ncc(-c2ccc(CO)cc2)nc1C=Cc1ccccc1. The fourth-order valence-corrected chi connectivity index (χ4v) is 3.23. The summed E-state index contributed by atoms with van der Waals surface area (Å²) in [5.74, 6) is 0.258. The molecule has 3 aromatic carbocycles. The van der Waals surface area contributed by atoms with Gasteiger partial charge in [0.15, 0.2) is 5.82 Å². The Labute approximate surface area is 187 Å². The highest BCUT2D eigenvalue weighted by atomic mass is 16.3. The van der Waals surface area contributed by atoms with E-state index in [1.54, 1.807) is 6.20 Å². The fourth-order valence-electron chi connectivity index (χ4n) is 3.23. The molecule has 0 aliphatic heterocycles. The maximum atomic E-state index is 12.6. The van der Waals surface area contributed by atoms with Crippen molar-refractivity contribution in [1.29, 1.82) is 0 Å². The van der Waals surface area contributed by atoms with E-state index in [4.69, 9.17) is 4.98 Å². The van der Waals surface area contributed by atoms with E-state index in [-0.39, 0.29) is 18.9 Å². The number of carbonyl (C=O) groups is 1. The average Bonchev–Trinajstić information content (AvgIpc) is 2.84. The number of nitrogens with one attached hydrogen (secondary N) is 1. The molecule has 1 aromatic heterocycles.